The Kier molecular flexibility index (Phi) is 5.45. The van der Waals surface area contributed by atoms with Gasteiger partial charge in [0.15, 0.2) is 0 Å². The van der Waals surface area contributed by atoms with Gasteiger partial charge in [0.05, 0.1) is 18.5 Å². The van der Waals surface area contributed by atoms with Crippen molar-refractivity contribution in [3.8, 4) is 0 Å². The molecule has 1 aliphatic rings. The predicted octanol–water partition coefficient (Wildman–Crippen LogP) is 3.89. The van der Waals surface area contributed by atoms with Crippen LogP contribution in [0.25, 0.3) is 11.4 Å². The molecule has 1 aliphatic carbocycles. The lowest BCUT2D eigenvalue weighted by molar-refractivity contribution is 0.0943. The summed E-state index contributed by atoms with van der Waals surface area (Å²) < 4.78 is 7.02. The second-order valence-corrected chi connectivity index (χ2v) is 7.60. The molecule has 0 unspecified atom stereocenters. The van der Waals surface area contributed by atoms with Crippen molar-refractivity contribution < 1.29 is 9.21 Å². The fourth-order valence-electron chi connectivity index (χ4n) is 3.39. The summed E-state index contributed by atoms with van der Waals surface area (Å²) in [6.07, 6.45) is 6.31. The highest BCUT2D eigenvalue weighted by molar-refractivity contribution is 6.37. The van der Waals surface area contributed by atoms with Crippen LogP contribution in [0.1, 0.15) is 46.0 Å². The number of fused-ring (bicyclic) bond motifs is 1. The monoisotopic (exact) mass is 431 g/mol. The molecule has 0 spiro atoms. The first-order chi connectivity index (χ1) is 14.0. The molecule has 3 N–H and O–H groups in total. The van der Waals surface area contributed by atoms with Crippen LogP contribution in [-0.4, -0.2) is 20.3 Å². The maximum Gasteiger partial charge on any atom is 0.271 e. The van der Waals surface area contributed by atoms with E-state index in [4.69, 9.17) is 33.4 Å². The van der Waals surface area contributed by atoms with E-state index in [-0.39, 0.29) is 24.7 Å². The number of aryl methyl sites for hydroxylation is 1. The smallest absolute Gasteiger partial charge is 0.271 e. The van der Waals surface area contributed by atoms with Crippen LogP contribution in [0, 0.1) is 6.92 Å². The fraction of sp³-hybridized carbons (Fsp3) is 0.250. The maximum atomic E-state index is 12.6. The minimum atomic E-state index is -0.323. The molecule has 1 amide bonds. The third-order valence-electron chi connectivity index (χ3n) is 4.83. The molecule has 0 saturated carbocycles. The molecule has 0 fully saturated rings. The van der Waals surface area contributed by atoms with Gasteiger partial charge in [0.1, 0.15) is 11.5 Å². The summed E-state index contributed by atoms with van der Waals surface area (Å²) >= 11 is 12.6. The average Bonchev–Trinajstić information content (AvgIpc) is 3.35. The Bertz CT molecular complexity index is 1150. The summed E-state index contributed by atoms with van der Waals surface area (Å²) in [5.74, 6) is 0.747. The van der Waals surface area contributed by atoms with Crippen molar-refractivity contribution in [2.24, 2.45) is 5.73 Å². The van der Waals surface area contributed by atoms with E-state index < -0.39 is 0 Å². The van der Waals surface area contributed by atoms with Crippen LogP contribution in [0.3, 0.4) is 0 Å². The maximum absolute atomic E-state index is 12.6. The van der Waals surface area contributed by atoms with Crippen LogP contribution >= 0.6 is 23.2 Å². The second-order valence-electron chi connectivity index (χ2n) is 6.70. The quantitative estimate of drug-likeness (QED) is 0.638. The lowest BCUT2D eigenvalue weighted by Crippen LogP contribution is -2.22. The Morgan fingerprint density at radius 2 is 2.17 bits per heavy atom. The second kappa shape index (κ2) is 8.02. The van der Waals surface area contributed by atoms with E-state index in [0.717, 1.165) is 22.5 Å². The number of allylic oxidation sites excluding steroid dienone is 4. The summed E-state index contributed by atoms with van der Waals surface area (Å²) in [6.45, 7) is 2.43. The summed E-state index contributed by atoms with van der Waals surface area (Å²) in [7, 11) is 0. The van der Waals surface area contributed by atoms with Gasteiger partial charge in [-0.1, -0.05) is 23.2 Å². The number of hydrogen-bond acceptors (Lipinski definition) is 5. The van der Waals surface area contributed by atoms with Crippen LogP contribution in [0.5, 0.6) is 0 Å². The Labute approximate surface area is 177 Å². The Balaban J connectivity index is 1.78. The minimum Gasteiger partial charge on any atom is -0.467 e. The van der Waals surface area contributed by atoms with Crippen molar-refractivity contribution in [1.82, 2.24) is 19.7 Å². The lowest BCUT2D eigenvalue weighted by atomic mass is 9.97. The number of nitrogens with zero attached hydrogens (tertiary/aromatic N) is 3. The predicted molar refractivity (Wildman–Crippen MR) is 111 cm³/mol. The van der Waals surface area contributed by atoms with E-state index in [1.807, 2.05) is 6.92 Å². The van der Waals surface area contributed by atoms with Crippen LogP contribution in [0.4, 0.5) is 0 Å². The van der Waals surface area contributed by atoms with Crippen LogP contribution in [0.15, 0.2) is 45.2 Å². The molecule has 29 heavy (non-hydrogen) atoms. The van der Waals surface area contributed by atoms with Gasteiger partial charge in [-0.3, -0.25) is 9.20 Å². The van der Waals surface area contributed by atoms with Crippen LogP contribution in [0.2, 0.25) is 0 Å². The number of imidazole rings is 1. The highest BCUT2D eigenvalue weighted by atomic mass is 35.5. The van der Waals surface area contributed by atoms with Crippen molar-refractivity contribution in [2.75, 3.05) is 0 Å². The summed E-state index contributed by atoms with van der Waals surface area (Å²) in [5, 5.41) is 4.06. The zero-order valence-electron chi connectivity index (χ0n) is 15.7. The molecule has 0 bridgehead atoms. The van der Waals surface area contributed by atoms with Crippen LogP contribution < -0.4 is 11.1 Å². The van der Waals surface area contributed by atoms with Crippen molar-refractivity contribution in [2.45, 2.75) is 32.9 Å². The molecule has 0 atom stereocenters. The minimum absolute atomic E-state index is 0.250. The van der Waals surface area contributed by atoms with E-state index in [1.54, 1.807) is 35.1 Å². The largest absolute Gasteiger partial charge is 0.467 e. The van der Waals surface area contributed by atoms with Gasteiger partial charge in [-0.05, 0) is 43.5 Å². The number of hydrogen-bond donors (Lipinski definition) is 2. The molecule has 3 aromatic heterocycles. The van der Waals surface area contributed by atoms with Gasteiger partial charge < -0.3 is 15.5 Å². The normalized spacial score (nSPS) is 14.4. The first-order valence-electron chi connectivity index (χ1n) is 9.12. The summed E-state index contributed by atoms with van der Waals surface area (Å²) in [5.41, 5.74) is 9.61. The third kappa shape index (κ3) is 3.81. The van der Waals surface area contributed by atoms with E-state index in [1.165, 1.54) is 0 Å². The lowest BCUT2D eigenvalue weighted by Gasteiger charge is -2.19. The first-order valence-corrected chi connectivity index (χ1v) is 9.88. The number of halogens is 2. The van der Waals surface area contributed by atoms with Gasteiger partial charge in [0.2, 0.25) is 5.78 Å². The van der Waals surface area contributed by atoms with E-state index in [2.05, 4.69) is 15.3 Å². The summed E-state index contributed by atoms with van der Waals surface area (Å²) in [6, 6.07) is 3.55. The SMILES string of the molecule is Cc1nc2nc(C(=O)NCc3ccco3)cn2c(C2=C(Cl)C=C(Cl)CC2)c1CN. The van der Waals surface area contributed by atoms with Crippen molar-refractivity contribution >= 4 is 40.5 Å². The highest BCUT2D eigenvalue weighted by Crippen LogP contribution is 2.36. The number of rotatable bonds is 5. The highest BCUT2D eigenvalue weighted by Gasteiger charge is 2.23. The topological polar surface area (TPSA) is 98.5 Å². The number of nitrogens with two attached hydrogens (primary N) is 1. The van der Waals surface area contributed by atoms with Crippen molar-refractivity contribution in [1.29, 1.82) is 0 Å². The molecule has 3 aromatic rings. The molecule has 0 aromatic carbocycles. The Morgan fingerprint density at radius 3 is 2.86 bits per heavy atom. The van der Waals surface area contributed by atoms with E-state index in [9.17, 15) is 4.79 Å². The number of amides is 1. The Hall–Kier alpha value is -2.61. The van der Waals surface area contributed by atoms with Gasteiger partial charge in [0.25, 0.3) is 5.91 Å². The third-order valence-corrected chi connectivity index (χ3v) is 5.47. The van der Waals surface area contributed by atoms with Gasteiger partial charge in [-0.15, -0.1) is 0 Å². The molecule has 0 radical (unpaired) electrons. The molecule has 150 valence electrons. The van der Waals surface area contributed by atoms with E-state index >= 15 is 0 Å². The average molecular weight is 432 g/mol. The number of furan rings is 1. The molecule has 4 rings (SSSR count). The van der Waals surface area contributed by atoms with Gasteiger partial charge in [-0.2, -0.15) is 0 Å². The Morgan fingerprint density at radius 1 is 1.34 bits per heavy atom. The molecule has 7 nitrogen and oxygen atoms in total. The molecule has 9 heteroatoms. The zero-order chi connectivity index (χ0) is 20.5. The zero-order valence-corrected chi connectivity index (χ0v) is 17.2. The fourth-order valence-corrected chi connectivity index (χ4v) is 3.97. The standard InChI is InChI=1S/C20H19Cl2N5O2/c1-11-15(8-23)18(14-5-4-12(21)7-16(14)22)27-10-17(26-20(27)25-11)19(28)24-9-13-3-2-6-29-13/h2-3,6-7,10H,4-5,8-9,23H2,1H3,(H,24,28). The number of nitrogens with one attached hydrogen (secondary N) is 1. The van der Waals surface area contributed by atoms with Gasteiger partial charge >= 0.3 is 0 Å². The molecule has 3 heterocycles. The van der Waals surface area contributed by atoms with E-state index in [0.29, 0.717) is 34.4 Å². The number of aromatic nitrogens is 3. The van der Waals surface area contributed by atoms with Crippen molar-refractivity contribution in [3.63, 3.8) is 0 Å². The first kappa shape index (κ1) is 19.7. The molecule has 0 saturated heterocycles. The van der Waals surface area contributed by atoms with Gasteiger partial charge in [-0.25, -0.2) is 9.97 Å². The molecular weight excluding hydrogens is 413 g/mol. The molecular formula is C20H19Cl2N5O2. The van der Waals surface area contributed by atoms with Crippen LogP contribution in [-0.2, 0) is 13.1 Å². The number of carbonyl (C=O) groups excluding carboxylic acids is 1. The van der Waals surface area contributed by atoms with Gasteiger partial charge in [0, 0.05) is 34.1 Å². The number of carbonyl (C=O) groups is 1. The summed E-state index contributed by atoms with van der Waals surface area (Å²) in [4.78, 5) is 21.5. The molecule has 0 aliphatic heterocycles. The van der Waals surface area contributed by atoms with Crippen molar-refractivity contribution in [3.05, 3.63) is 69.1 Å².